The summed E-state index contributed by atoms with van der Waals surface area (Å²) in [6, 6.07) is 6.28. The lowest BCUT2D eigenvalue weighted by Gasteiger charge is -2.18. The molecule has 0 N–H and O–H groups in total. The Hall–Kier alpha value is -3.29. The topological polar surface area (TPSA) is 85.8 Å². The number of ketones is 2. The number of rotatable bonds is 8. The van der Waals surface area contributed by atoms with Gasteiger partial charge in [-0.15, -0.1) is 0 Å². The highest BCUT2D eigenvalue weighted by molar-refractivity contribution is 6.06. The van der Waals surface area contributed by atoms with Crippen LogP contribution in [0.25, 0.3) is 0 Å². The Kier molecular flexibility index (Phi) is 5.60. The van der Waals surface area contributed by atoms with Crippen LogP contribution in [-0.2, 0) is 16.0 Å². The van der Waals surface area contributed by atoms with E-state index < -0.39 is 17.8 Å². The van der Waals surface area contributed by atoms with Gasteiger partial charge in [0.2, 0.25) is 5.88 Å². The van der Waals surface area contributed by atoms with E-state index in [0.29, 0.717) is 48.4 Å². The molecule has 3 aliphatic rings. The number of benzene rings is 1. The van der Waals surface area contributed by atoms with Crippen molar-refractivity contribution < 1.29 is 28.2 Å². The summed E-state index contributed by atoms with van der Waals surface area (Å²) < 4.78 is 26.2. The molecule has 2 atom stereocenters. The van der Waals surface area contributed by atoms with Crippen LogP contribution in [0, 0.1) is 17.7 Å². The van der Waals surface area contributed by atoms with Crippen LogP contribution in [0.3, 0.4) is 0 Å². The zero-order chi connectivity index (χ0) is 23.1. The fourth-order valence-corrected chi connectivity index (χ4v) is 4.47. The Morgan fingerprint density at radius 2 is 2.03 bits per heavy atom. The summed E-state index contributed by atoms with van der Waals surface area (Å²) in [5, 5.41) is 0. The van der Waals surface area contributed by atoms with Gasteiger partial charge in [-0.2, -0.15) is 0 Å². The molecule has 5 rings (SSSR count). The van der Waals surface area contributed by atoms with Crippen LogP contribution in [0.1, 0.15) is 48.5 Å². The molecular formula is C25H25FN2O5. The molecule has 0 radical (unpaired) electrons. The van der Waals surface area contributed by atoms with Crippen LogP contribution in [0.2, 0.25) is 0 Å². The Morgan fingerprint density at radius 3 is 2.73 bits per heavy atom. The van der Waals surface area contributed by atoms with Crippen molar-refractivity contribution in [1.82, 2.24) is 4.98 Å². The second kappa shape index (κ2) is 8.57. The Labute approximate surface area is 190 Å². The van der Waals surface area contributed by atoms with Crippen LogP contribution < -0.4 is 14.4 Å². The summed E-state index contributed by atoms with van der Waals surface area (Å²) in [4.78, 5) is 42.8. The maximum Gasteiger partial charge on any atom is 0.268 e. The summed E-state index contributed by atoms with van der Waals surface area (Å²) in [5.74, 6) is -0.0879. The molecule has 1 saturated carbocycles. The Balaban J connectivity index is 1.26. The average Bonchev–Trinajstić information content (AvgIpc) is 3.48. The number of halogens is 1. The van der Waals surface area contributed by atoms with E-state index in [1.165, 1.54) is 36.9 Å². The van der Waals surface area contributed by atoms with Gasteiger partial charge in [-0.05, 0) is 55.9 Å². The number of amides is 1. The van der Waals surface area contributed by atoms with Gasteiger partial charge in [0.1, 0.15) is 17.3 Å². The van der Waals surface area contributed by atoms with E-state index in [4.69, 9.17) is 9.47 Å². The molecular weight excluding hydrogens is 427 g/mol. The normalized spacial score (nSPS) is 21.9. The van der Waals surface area contributed by atoms with Crippen LogP contribution in [-0.4, -0.2) is 41.7 Å². The van der Waals surface area contributed by atoms with Crippen molar-refractivity contribution in [3.8, 4) is 11.6 Å². The lowest BCUT2D eigenvalue weighted by atomic mass is 9.99. The van der Waals surface area contributed by atoms with E-state index in [1.54, 1.807) is 18.2 Å². The van der Waals surface area contributed by atoms with Crippen LogP contribution >= 0.6 is 0 Å². The predicted molar refractivity (Wildman–Crippen MR) is 117 cm³/mol. The Bertz CT molecular complexity index is 1110. The van der Waals surface area contributed by atoms with Gasteiger partial charge in [-0.3, -0.25) is 9.59 Å². The van der Waals surface area contributed by atoms with Crippen molar-refractivity contribution in [2.45, 2.75) is 45.1 Å². The van der Waals surface area contributed by atoms with Crippen LogP contribution in [0.5, 0.6) is 11.6 Å². The van der Waals surface area contributed by atoms with E-state index >= 15 is 0 Å². The molecule has 0 bridgehead atoms. The molecule has 1 saturated heterocycles. The minimum Gasteiger partial charge on any atom is -0.479 e. The maximum atomic E-state index is 14.8. The van der Waals surface area contributed by atoms with Gasteiger partial charge < -0.3 is 19.2 Å². The summed E-state index contributed by atoms with van der Waals surface area (Å²) in [6.45, 7) is 2.44. The van der Waals surface area contributed by atoms with Gasteiger partial charge in [0.15, 0.2) is 11.9 Å². The molecule has 2 aromatic rings. The van der Waals surface area contributed by atoms with Crippen LogP contribution in [0.15, 0.2) is 30.5 Å². The van der Waals surface area contributed by atoms with Gasteiger partial charge in [0.25, 0.3) is 5.91 Å². The highest BCUT2D eigenvalue weighted by atomic mass is 19.1. The SMILES string of the molecule is CC(=O)CC1Cc2c(F)cc(N3CC[C@@H](Oc4ccc(OCC5CC5)nc4)C3=O)cc2C1=O. The quantitative estimate of drug-likeness (QED) is 0.609. The number of aromatic nitrogens is 1. The maximum absolute atomic E-state index is 14.8. The highest BCUT2D eigenvalue weighted by Crippen LogP contribution is 2.36. The minimum absolute atomic E-state index is 0.0965. The smallest absolute Gasteiger partial charge is 0.268 e. The highest BCUT2D eigenvalue weighted by Gasteiger charge is 2.38. The average molecular weight is 452 g/mol. The summed E-state index contributed by atoms with van der Waals surface area (Å²) in [6.07, 6.45) is 3.94. The van der Waals surface area contributed by atoms with Crippen LogP contribution in [0.4, 0.5) is 10.1 Å². The number of fused-ring (bicyclic) bond motifs is 1. The molecule has 8 heteroatoms. The number of hydrogen-bond acceptors (Lipinski definition) is 6. The molecule has 2 fully saturated rings. The monoisotopic (exact) mass is 452 g/mol. The molecule has 1 aliphatic heterocycles. The van der Waals surface area contributed by atoms with Gasteiger partial charge in [-0.1, -0.05) is 0 Å². The minimum atomic E-state index is -0.720. The van der Waals surface area contributed by atoms with Crippen molar-refractivity contribution in [2.75, 3.05) is 18.1 Å². The van der Waals surface area contributed by atoms with Gasteiger partial charge in [0.05, 0.1) is 12.8 Å². The van der Waals surface area contributed by atoms with Crippen molar-refractivity contribution in [3.63, 3.8) is 0 Å². The second-order valence-electron chi connectivity index (χ2n) is 9.10. The van der Waals surface area contributed by atoms with E-state index in [-0.39, 0.29) is 35.9 Å². The third-order valence-corrected chi connectivity index (χ3v) is 6.42. The third-order valence-electron chi connectivity index (χ3n) is 6.42. The summed E-state index contributed by atoms with van der Waals surface area (Å²) >= 11 is 0. The number of Topliss-reactive ketones (excluding diaryl/α,β-unsaturated/α-hetero) is 2. The van der Waals surface area contributed by atoms with E-state index in [2.05, 4.69) is 4.98 Å². The van der Waals surface area contributed by atoms with Gasteiger partial charge in [-0.25, -0.2) is 9.37 Å². The molecule has 1 aromatic heterocycles. The predicted octanol–water partition coefficient (Wildman–Crippen LogP) is 3.53. The summed E-state index contributed by atoms with van der Waals surface area (Å²) in [5.41, 5.74) is 0.921. The molecule has 2 heterocycles. The molecule has 1 amide bonds. The van der Waals surface area contributed by atoms with E-state index in [1.807, 2.05) is 0 Å². The first-order valence-electron chi connectivity index (χ1n) is 11.3. The third kappa shape index (κ3) is 4.47. The fourth-order valence-electron chi connectivity index (χ4n) is 4.47. The fraction of sp³-hybridized carbons (Fsp3) is 0.440. The van der Waals surface area contributed by atoms with Gasteiger partial charge >= 0.3 is 0 Å². The number of carbonyl (C=O) groups excluding carboxylic acids is 3. The summed E-state index contributed by atoms with van der Waals surface area (Å²) in [7, 11) is 0. The molecule has 7 nitrogen and oxygen atoms in total. The zero-order valence-electron chi connectivity index (χ0n) is 18.4. The number of nitrogens with zero attached hydrogens (tertiary/aromatic N) is 2. The molecule has 2 aliphatic carbocycles. The van der Waals surface area contributed by atoms with Gasteiger partial charge in [0, 0.05) is 42.6 Å². The zero-order valence-corrected chi connectivity index (χ0v) is 18.4. The van der Waals surface area contributed by atoms with Crippen molar-refractivity contribution in [1.29, 1.82) is 0 Å². The first kappa shape index (κ1) is 21.6. The molecule has 1 aromatic carbocycles. The number of hydrogen-bond donors (Lipinski definition) is 0. The van der Waals surface area contributed by atoms with Crippen molar-refractivity contribution in [2.24, 2.45) is 11.8 Å². The van der Waals surface area contributed by atoms with Crippen molar-refractivity contribution in [3.05, 3.63) is 47.4 Å². The molecule has 0 spiro atoms. The lowest BCUT2D eigenvalue weighted by Crippen LogP contribution is -2.32. The molecule has 1 unspecified atom stereocenters. The first-order chi connectivity index (χ1) is 15.9. The first-order valence-corrected chi connectivity index (χ1v) is 11.3. The number of pyridine rings is 1. The van der Waals surface area contributed by atoms with E-state index in [9.17, 15) is 18.8 Å². The standard InChI is InChI=1S/C25H25FN2O5/c1-14(29)8-16-9-19-20(24(16)30)10-17(11-21(19)26)28-7-6-22(25(28)31)33-18-4-5-23(27-12-18)32-13-15-2-3-15/h4-5,10-12,15-16,22H,2-3,6-9,13H2,1H3/t16?,22-/m1/s1. The molecule has 33 heavy (non-hydrogen) atoms. The number of carbonyl (C=O) groups is 3. The Morgan fingerprint density at radius 1 is 1.21 bits per heavy atom. The largest absolute Gasteiger partial charge is 0.479 e. The lowest BCUT2D eigenvalue weighted by molar-refractivity contribution is -0.123. The molecule has 172 valence electrons. The number of anilines is 1. The van der Waals surface area contributed by atoms with Crippen molar-refractivity contribution >= 4 is 23.2 Å². The van der Waals surface area contributed by atoms with E-state index in [0.717, 1.165) is 0 Å². The second-order valence-corrected chi connectivity index (χ2v) is 9.10. The number of ether oxygens (including phenoxy) is 2.